The van der Waals surface area contributed by atoms with Gasteiger partial charge >= 0.3 is 6.18 Å². The van der Waals surface area contributed by atoms with Crippen molar-refractivity contribution in [3.8, 4) is 0 Å². The molecule has 1 N–H and O–H groups in total. The summed E-state index contributed by atoms with van der Waals surface area (Å²) in [5.74, 6) is -0.338. The Balaban J connectivity index is 2.57. The van der Waals surface area contributed by atoms with Crippen molar-refractivity contribution in [2.45, 2.75) is 30.7 Å². The molecule has 0 amide bonds. The lowest BCUT2D eigenvalue weighted by atomic mass is 10.2. The lowest BCUT2D eigenvalue weighted by molar-refractivity contribution is -0.138. The van der Waals surface area contributed by atoms with Gasteiger partial charge in [0.05, 0.1) is 0 Å². The molecule has 0 fully saturated rings. The minimum atomic E-state index is -4.54. The van der Waals surface area contributed by atoms with Crippen molar-refractivity contribution in [1.29, 1.82) is 0 Å². The van der Waals surface area contributed by atoms with E-state index in [-0.39, 0.29) is 16.7 Å². The van der Waals surface area contributed by atoms with Gasteiger partial charge in [-0.1, -0.05) is 11.8 Å². The molecule has 0 saturated heterocycles. The van der Waals surface area contributed by atoms with Crippen LogP contribution in [0.25, 0.3) is 10.9 Å². The van der Waals surface area contributed by atoms with Crippen molar-refractivity contribution in [2.75, 3.05) is 11.6 Å². The first kappa shape index (κ1) is 16.7. The number of pyridine rings is 1. The Morgan fingerprint density at radius 1 is 1.23 bits per heavy atom. The number of hydrogen-bond acceptors (Lipinski definition) is 5. The van der Waals surface area contributed by atoms with Gasteiger partial charge in [0.1, 0.15) is 17.3 Å². The van der Waals surface area contributed by atoms with Gasteiger partial charge in [0.15, 0.2) is 11.0 Å². The largest absolute Gasteiger partial charge is 0.408 e. The Kier molecular flexibility index (Phi) is 4.69. The predicted molar refractivity (Wildman–Crippen MR) is 73.2 cm³/mol. The number of thioether (sulfide) groups is 1. The molecule has 120 valence electrons. The zero-order chi connectivity index (χ0) is 16.5. The summed E-state index contributed by atoms with van der Waals surface area (Å²) in [7, 11) is 0. The summed E-state index contributed by atoms with van der Waals surface area (Å²) in [4.78, 5) is 11.5. The Bertz CT molecular complexity index is 676. The third-order valence-electron chi connectivity index (χ3n) is 2.81. The molecule has 2 aromatic heterocycles. The number of alkyl halides is 5. The highest BCUT2D eigenvalue weighted by molar-refractivity contribution is 7.98. The highest BCUT2D eigenvalue weighted by Gasteiger charge is 2.36. The average molecular weight is 338 g/mol. The van der Waals surface area contributed by atoms with Gasteiger partial charge in [0.2, 0.25) is 0 Å². The second-order valence-corrected chi connectivity index (χ2v) is 5.17. The molecule has 2 aromatic rings. The van der Waals surface area contributed by atoms with E-state index in [0.29, 0.717) is 5.16 Å². The average Bonchev–Trinajstić information content (AvgIpc) is 2.45. The topological polar surface area (TPSA) is 50.7 Å². The number of halogens is 5. The Hall–Kier alpha value is -1.71. The molecule has 4 nitrogen and oxygen atoms in total. The van der Waals surface area contributed by atoms with Crippen molar-refractivity contribution in [2.24, 2.45) is 0 Å². The lowest BCUT2D eigenvalue weighted by Crippen LogP contribution is -2.33. The van der Waals surface area contributed by atoms with Crippen LogP contribution in [-0.4, -0.2) is 33.4 Å². The van der Waals surface area contributed by atoms with E-state index in [2.05, 4.69) is 20.3 Å². The molecule has 0 radical (unpaired) electrons. The van der Waals surface area contributed by atoms with Crippen molar-refractivity contribution < 1.29 is 22.0 Å². The second-order valence-electron chi connectivity index (χ2n) is 4.40. The second kappa shape index (κ2) is 6.19. The van der Waals surface area contributed by atoms with E-state index < -0.39 is 24.3 Å². The first-order chi connectivity index (χ1) is 10.2. The zero-order valence-electron chi connectivity index (χ0n) is 11.4. The molecular weight excluding hydrogens is 327 g/mol. The van der Waals surface area contributed by atoms with Crippen LogP contribution in [0.2, 0.25) is 0 Å². The van der Waals surface area contributed by atoms with Crippen LogP contribution in [0.4, 0.5) is 27.8 Å². The predicted octanol–water partition coefficient (Wildman–Crippen LogP) is 4.05. The summed E-state index contributed by atoms with van der Waals surface area (Å²) in [6, 6.07) is -0.892. The summed E-state index contributed by atoms with van der Waals surface area (Å²) in [5.41, 5.74) is -0.565. The number of aromatic nitrogens is 3. The van der Waals surface area contributed by atoms with Gasteiger partial charge < -0.3 is 5.32 Å². The molecule has 0 aliphatic carbocycles. The number of hydrogen-bond donors (Lipinski definition) is 1. The first-order valence-electron chi connectivity index (χ1n) is 6.05. The van der Waals surface area contributed by atoms with E-state index in [1.54, 1.807) is 6.26 Å². The fraction of sp³-hybridized carbons (Fsp3) is 0.417. The van der Waals surface area contributed by atoms with Crippen molar-refractivity contribution in [3.63, 3.8) is 0 Å². The summed E-state index contributed by atoms with van der Waals surface area (Å²) >= 11 is 1.18. The van der Waals surface area contributed by atoms with Crippen LogP contribution in [0.15, 0.2) is 17.4 Å². The Morgan fingerprint density at radius 2 is 1.91 bits per heavy atom. The molecule has 0 spiro atoms. The summed E-state index contributed by atoms with van der Waals surface area (Å²) < 4.78 is 63.7. The van der Waals surface area contributed by atoms with E-state index in [0.717, 1.165) is 13.0 Å². The van der Waals surface area contributed by atoms with Crippen molar-refractivity contribution in [1.82, 2.24) is 15.0 Å². The van der Waals surface area contributed by atoms with Gasteiger partial charge in [0, 0.05) is 11.6 Å². The number of nitrogens with zero attached hydrogens (tertiary/aromatic N) is 3. The van der Waals surface area contributed by atoms with E-state index in [1.807, 2.05) is 0 Å². The lowest BCUT2D eigenvalue weighted by Gasteiger charge is -2.19. The highest BCUT2D eigenvalue weighted by atomic mass is 32.2. The maximum absolute atomic E-state index is 12.8. The number of fused-ring (bicyclic) bond motifs is 1. The minimum absolute atomic E-state index is 0.0693. The quantitative estimate of drug-likeness (QED) is 0.518. The molecule has 0 bridgehead atoms. The molecular formula is C12H11F5N4S. The van der Waals surface area contributed by atoms with E-state index in [1.165, 1.54) is 18.0 Å². The fourth-order valence-corrected chi connectivity index (χ4v) is 1.98. The minimum Gasteiger partial charge on any atom is -0.357 e. The van der Waals surface area contributed by atoms with Crippen LogP contribution < -0.4 is 5.32 Å². The molecule has 0 saturated carbocycles. The maximum atomic E-state index is 12.8. The molecule has 2 heterocycles. The molecule has 1 unspecified atom stereocenters. The zero-order valence-corrected chi connectivity index (χ0v) is 12.3. The van der Waals surface area contributed by atoms with E-state index >= 15 is 0 Å². The number of anilines is 1. The van der Waals surface area contributed by atoms with Gasteiger partial charge in [-0.05, 0) is 19.2 Å². The molecule has 0 aromatic carbocycles. The molecule has 22 heavy (non-hydrogen) atoms. The van der Waals surface area contributed by atoms with Crippen LogP contribution in [0.3, 0.4) is 0 Å². The molecule has 1 atom stereocenters. The van der Waals surface area contributed by atoms with Crippen LogP contribution in [0.1, 0.15) is 19.0 Å². The van der Waals surface area contributed by atoms with Gasteiger partial charge in [-0.2, -0.15) is 13.2 Å². The number of nitrogens with one attached hydrogen (secondary N) is 1. The third kappa shape index (κ3) is 3.54. The summed E-state index contributed by atoms with van der Waals surface area (Å²) in [6.45, 7) is 0.874. The molecule has 10 heteroatoms. The standard InChI is InChI=1S/C12H11F5N4S/c1-5(12(15,16)17)19-10-8-6(3-7(20-10)9(13)14)4-18-11(21-8)22-2/h3-5,9H,1-2H3,(H,19,20). The molecule has 0 aliphatic heterocycles. The van der Waals surface area contributed by atoms with E-state index in [4.69, 9.17) is 0 Å². The molecule has 0 aliphatic rings. The third-order valence-corrected chi connectivity index (χ3v) is 3.38. The summed E-state index contributed by atoms with van der Waals surface area (Å²) in [5, 5.41) is 2.60. The van der Waals surface area contributed by atoms with Crippen molar-refractivity contribution >= 4 is 28.5 Å². The van der Waals surface area contributed by atoms with Crippen molar-refractivity contribution in [3.05, 3.63) is 18.0 Å². The first-order valence-corrected chi connectivity index (χ1v) is 7.28. The fourth-order valence-electron chi connectivity index (χ4n) is 1.64. The maximum Gasteiger partial charge on any atom is 0.408 e. The Labute approximate surface area is 126 Å². The Morgan fingerprint density at radius 3 is 2.45 bits per heavy atom. The summed E-state index contributed by atoms with van der Waals surface area (Å²) in [6.07, 6.45) is -4.48. The van der Waals surface area contributed by atoms with E-state index in [9.17, 15) is 22.0 Å². The van der Waals surface area contributed by atoms with Gasteiger partial charge in [-0.3, -0.25) is 0 Å². The van der Waals surface area contributed by atoms with Crippen LogP contribution in [0.5, 0.6) is 0 Å². The van der Waals surface area contributed by atoms with Gasteiger partial charge in [-0.15, -0.1) is 0 Å². The molecule has 2 rings (SSSR count). The monoisotopic (exact) mass is 338 g/mol. The smallest absolute Gasteiger partial charge is 0.357 e. The SMILES string of the molecule is CSc1ncc2cc(C(F)F)nc(NC(C)C(F)(F)F)c2n1. The van der Waals surface area contributed by atoms with Crippen LogP contribution in [-0.2, 0) is 0 Å². The van der Waals surface area contributed by atoms with Crippen LogP contribution in [0, 0.1) is 0 Å². The highest BCUT2D eigenvalue weighted by Crippen LogP contribution is 2.29. The number of rotatable bonds is 4. The van der Waals surface area contributed by atoms with Crippen LogP contribution >= 0.6 is 11.8 Å². The van der Waals surface area contributed by atoms with Gasteiger partial charge in [0.25, 0.3) is 6.43 Å². The van der Waals surface area contributed by atoms with Gasteiger partial charge in [-0.25, -0.2) is 23.7 Å². The normalized spacial score (nSPS) is 13.6.